The highest BCUT2D eigenvalue weighted by Gasteiger charge is 2.55. The SMILES string of the molecule is Cc1scc(C(=O)N2C[C@H]3COCC[C@@]3(C(=O)O)C2)c1C. The van der Waals surface area contributed by atoms with E-state index in [9.17, 15) is 14.7 Å². The van der Waals surface area contributed by atoms with Crippen molar-refractivity contribution >= 4 is 23.2 Å². The molecule has 2 aliphatic rings. The summed E-state index contributed by atoms with van der Waals surface area (Å²) in [5.41, 5.74) is 0.880. The fraction of sp³-hybridized carbons (Fsp3) is 0.600. The van der Waals surface area contributed by atoms with Crippen LogP contribution in [0.4, 0.5) is 0 Å². The molecule has 2 saturated heterocycles. The molecule has 0 radical (unpaired) electrons. The third-order valence-corrected chi connectivity index (χ3v) is 5.95. The average molecular weight is 309 g/mol. The molecule has 2 aliphatic heterocycles. The van der Waals surface area contributed by atoms with Crippen LogP contribution in [-0.2, 0) is 9.53 Å². The summed E-state index contributed by atoms with van der Waals surface area (Å²) in [5, 5.41) is 11.5. The van der Waals surface area contributed by atoms with Crippen LogP contribution >= 0.6 is 11.3 Å². The van der Waals surface area contributed by atoms with Crippen LogP contribution in [0.2, 0.25) is 0 Å². The minimum Gasteiger partial charge on any atom is -0.481 e. The van der Waals surface area contributed by atoms with Crippen molar-refractivity contribution in [3.63, 3.8) is 0 Å². The predicted molar refractivity (Wildman–Crippen MR) is 78.7 cm³/mol. The summed E-state index contributed by atoms with van der Waals surface area (Å²) in [7, 11) is 0. The summed E-state index contributed by atoms with van der Waals surface area (Å²) in [6.07, 6.45) is 0.485. The van der Waals surface area contributed by atoms with Crippen molar-refractivity contribution in [3.05, 3.63) is 21.4 Å². The summed E-state index contributed by atoms with van der Waals surface area (Å²) in [6.45, 7) is 5.59. The van der Waals surface area contributed by atoms with Gasteiger partial charge in [0.05, 0.1) is 17.6 Å². The molecule has 0 bridgehead atoms. The van der Waals surface area contributed by atoms with Crippen molar-refractivity contribution in [2.75, 3.05) is 26.3 Å². The third-order valence-electron chi connectivity index (χ3n) is 4.94. The quantitative estimate of drug-likeness (QED) is 0.906. The Balaban J connectivity index is 1.87. The van der Waals surface area contributed by atoms with Crippen molar-refractivity contribution in [2.45, 2.75) is 20.3 Å². The number of hydrogen-bond donors (Lipinski definition) is 1. The normalized spacial score (nSPS) is 28.5. The molecule has 0 saturated carbocycles. The number of carbonyl (C=O) groups is 2. The van der Waals surface area contributed by atoms with Gasteiger partial charge in [-0.1, -0.05) is 0 Å². The topological polar surface area (TPSA) is 66.8 Å². The molecule has 0 aromatic carbocycles. The maximum absolute atomic E-state index is 12.7. The van der Waals surface area contributed by atoms with Gasteiger partial charge in [-0.25, -0.2) is 0 Å². The lowest BCUT2D eigenvalue weighted by atomic mass is 9.74. The smallest absolute Gasteiger partial charge is 0.311 e. The van der Waals surface area contributed by atoms with E-state index in [1.807, 2.05) is 19.2 Å². The lowest BCUT2D eigenvalue weighted by molar-refractivity contribution is -0.157. The molecule has 3 rings (SSSR count). The van der Waals surface area contributed by atoms with E-state index in [0.29, 0.717) is 38.3 Å². The molecule has 1 amide bonds. The number of carbonyl (C=O) groups excluding carboxylic acids is 1. The van der Waals surface area contributed by atoms with Gasteiger partial charge in [0.2, 0.25) is 0 Å². The average Bonchev–Trinajstić information content (AvgIpc) is 3.01. The number of hydrogen-bond acceptors (Lipinski definition) is 4. The van der Waals surface area contributed by atoms with Crippen molar-refractivity contribution in [3.8, 4) is 0 Å². The maximum Gasteiger partial charge on any atom is 0.311 e. The van der Waals surface area contributed by atoms with Crippen LogP contribution in [0.15, 0.2) is 5.38 Å². The van der Waals surface area contributed by atoms with E-state index in [1.165, 1.54) is 0 Å². The van der Waals surface area contributed by atoms with Gasteiger partial charge < -0.3 is 14.7 Å². The van der Waals surface area contributed by atoms with Crippen LogP contribution in [0.25, 0.3) is 0 Å². The van der Waals surface area contributed by atoms with Crippen molar-refractivity contribution in [1.82, 2.24) is 4.90 Å². The minimum absolute atomic E-state index is 0.0492. The largest absolute Gasteiger partial charge is 0.481 e. The van der Waals surface area contributed by atoms with Gasteiger partial charge in [-0.2, -0.15) is 0 Å². The Hall–Kier alpha value is -1.40. The molecule has 1 N–H and O–H groups in total. The van der Waals surface area contributed by atoms with Gasteiger partial charge in [-0.3, -0.25) is 9.59 Å². The summed E-state index contributed by atoms with van der Waals surface area (Å²) in [4.78, 5) is 27.3. The van der Waals surface area contributed by atoms with E-state index in [0.717, 1.165) is 10.4 Å². The molecule has 21 heavy (non-hydrogen) atoms. The number of carboxylic acids is 1. The van der Waals surface area contributed by atoms with Crippen molar-refractivity contribution < 1.29 is 19.4 Å². The van der Waals surface area contributed by atoms with E-state index in [1.54, 1.807) is 16.2 Å². The summed E-state index contributed by atoms with van der Waals surface area (Å²) in [6, 6.07) is 0. The first-order chi connectivity index (χ1) is 9.95. The van der Waals surface area contributed by atoms with Crippen molar-refractivity contribution in [1.29, 1.82) is 0 Å². The zero-order chi connectivity index (χ0) is 15.2. The van der Waals surface area contributed by atoms with Crippen LogP contribution in [0.1, 0.15) is 27.2 Å². The van der Waals surface area contributed by atoms with Crippen LogP contribution in [0.3, 0.4) is 0 Å². The highest BCUT2D eigenvalue weighted by molar-refractivity contribution is 7.10. The fourth-order valence-corrected chi connectivity index (χ4v) is 4.21. The second-order valence-electron chi connectivity index (χ2n) is 6.00. The number of aryl methyl sites for hydroxylation is 1. The van der Waals surface area contributed by atoms with Gasteiger partial charge in [-0.05, 0) is 25.8 Å². The molecule has 2 fully saturated rings. The number of nitrogens with zero attached hydrogens (tertiary/aromatic N) is 1. The van der Waals surface area contributed by atoms with Crippen LogP contribution in [-0.4, -0.2) is 48.2 Å². The third kappa shape index (κ3) is 2.17. The Bertz CT molecular complexity index is 596. The molecule has 6 heteroatoms. The zero-order valence-electron chi connectivity index (χ0n) is 12.2. The number of carboxylic acid groups (broad SMARTS) is 1. The maximum atomic E-state index is 12.7. The number of ether oxygens (including phenoxy) is 1. The molecule has 1 aromatic heterocycles. The monoisotopic (exact) mass is 309 g/mol. The number of aliphatic carboxylic acids is 1. The molecule has 0 unspecified atom stereocenters. The van der Waals surface area contributed by atoms with Crippen molar-refractivity contribution in [2.24, 2.45) is 11.3 Å². The first kappa shape index (κ1) is 14.5. The molecular weight excluding hydrogens is 290 g/mol. The summed E-state index contributed by atoms with van der Waals surface area (Å²) in [5.74, 6) is -0.955. The van der Waals surface area contributed by atoms with Gasteiger partial charge in [-0.15, -0.1) is 11.3 Å². The molecule has 5 nitrogen and oxygen atoms in total. The fourth-order valence-electron chi connectivity index (χ4n) is 3.35. The lowest BCUT2D eigenvalue weighted by Gasteiger charge is -2.33. The van der Waals surface area contributed by atoms with E-state index < -0.39 is 11.4 Å². The van der Waals surface area contributed by atoms with E-state index in [2.05, 4.69) is 0 Å². The van der Waals surface area contributed by atoms with Crippen LogP contribution in [0.5, 0.6) is 0 Å². The number of thiophene rings is 1. The van der Waals surface area contributed by atoms with Crippen LogP contribution < -0.4 is 0 Å². The van der Waals surface area contributed by atoms with E-state index >= 15 is 0 Å². The standard InChI is InChI=1S/C15H19NO4S/c1-9-10(2)21-7-12(9)13(17)16-5-11-6-20-4-3-15(11,8-16)14(18)19/h7,11H,3-6,8H2,1-2H3,(H,18,19)/t11-,15+/m0/s1. The molecule has 0 spiro atoms. The summed E-state index contributed by atoms with van der Waals surface area (Å²) >= 11 is 1.56. The highest BCUT2D eigenvalue weighted by Crippen LogP contribution is 2.43. The molecule has 1 aromatic rings. The second-order valence-corrected chi connectivity index (χ2v) is 7.08. The lowest BCUT2D eigenvalue weighted by Crippen LogP contribution is -2.45. The highest BCUT2D eigenvalue weighted by atomic mass is 32.1. The van der Waals surface area contributed by atoms with E-state index in [-0.39, 0.29) is 11.8 Å². The van der Waals surface area contributed by atoms with Gasteiger partial charge in [0.25, 0.3) is 5.91 Å². The predicted octanol–water partition coefficient (Wildman–Crippen LogP) is 1.93. The Morgan fingerprint density at radius 3 is 2.81 bits per heavy atom. The zero-order valence-corrected chi connectivity index (χ0v) is 13.0. The second kappa shape index (κ2) is 5.10. The first-order valence-corrected chi connectivity index (χ1v) is 7.99. The van der Waals surface area contributed by atoms with Gasteiger partial charge in [0.15, 0.2) is 0 Å². The van der Waals surface area contributed by atoms with Crippen LogP contribution in [0, 0.1) is 25.2 Å². The number of rotatable bonds is 2. The molecule has 2 atom stereocenters. The van der Waals surface area contributed by atoms with Gasteiger partial charge >= 0.3 is 5.97 Å². The first-order valence-electron chi connectivity index (χ1n) is 7.11. The Morgan fingerprint density at radius 2 is 2.24 bits per heavy atom. The molecule has 0 aliphatic carbocycles. The Labute approximate surface area is 127 Å². The molecule has 3 heterocycles. The number of amides is 1. The van der Waals surface area contributed by atoms with Gasteiger partial charge in [0.1, 0.15) is 0 Å². The number of fused-ring (bicyclic) bond motifs is 1. The Morgan fingerprint density at radius 1 is 1.48 bits per heavy atom. The van der Waals surface area contributed by atoms with Gasteiger partial charge in [0, 0.05) is 35.9 Å². The molecule has 114 valence electrons. The minimum atomic E-state index is -0.827. The Kier molecular flexibility index (Phi) is 3.53. The molecular formula is C15H19NO4S. The van der Waals surface area contributed by atoms with E-state index in [4.69, 9.17) is 4.74 Å². The number of likely N-dealkylation sites (tertiary alicyclic amines) is 1. The summed E-state index contributed by atoms with van der Waals surface area (Å²) < 4.78 is 5.42.